The van der Waals surface area contributed by atoms with Gasteiger partial charge < -0.3 is 18.9 Å². The first-order valence-electron chi connectivity index (χ1n) is 13.2. The number of carbonyl (C=O) groups excluding carboxylic acids is 2. The number of nitrogens with zero attached hydrogens (tertiary/aromatic N) is 4. The second-order valence-corrected chi connectivity index (χ2v) is 9.66. The number of ether oxygens (including phenoxy) is 4. The van der Waals surface area contributed by atoms with Crippen molar-refractivity contribution < 1.29 is 32.9 Å². The Hall–Kier alpha value is -5.49. The molecule has 0 fully saturated rings. The molecular formula is C32H27FN4O6S. The molecule has 0 atom stereocenters. The van der Waals surface area contributed by atoms with Gasteiger partial charge in [0.05, 0.1) is 22.7 Å². The van der Waals surface area contributed by atoms with Crippen LogP contribution in [0.2, 0.25) is 0 Å². The van der Waals surface area contributed by atoms with Crippen LogP contribution in [0.5, 0.6) is 10.8 Å². The minimum absolute atomic E-state index is 0.00407. The molecule has 0 amide bonds. The minimum atomic E-state index is -0.562. The van der Waals surface area contributed by atoms with Crippen molar-refractivity contribution in [1.29, 1.82) is 0 Å². The molecule has 0 aliphatic carbocycles. The predicted molar refractivity (Wildman–Crippen MR) is 164 cm³/mol. The molecule has 0 saturated heterocycles. The summed E-state index contributed by atoms with van der Waals surface area (Å²) < 4.78 is 34.9. The van der Waals surface area contributed by atoms with Crippen LogP contribution in [0.3, 0.4) is 0 Å². The van der Waals surface area contributed by atoms with Gasteiger partial charge in [-0.15, -0.1) is 0 Å². The van der Waals surface area contributed by atoms with E-state index in [-0.39, 0.29) is 31.5 Å². The standard InChI is InChI=1S/C32H27FN4O6S/c1-3-30(38)41-18-17-40-27-15-13-26(14-16-27)37-36-25-11-9-24(10-12-25)35-34-23-7-5-22(6-8-23)29-21-28(33)32(44-29)43-20-19-42-31(39)4-2/h3-16,21H,1-2,17-20H2/b35-34+,37-36+. The number of halogens is 1. The zero-order valence-electron chi connectivity index (χ0n) is 23.4. The van der Waals surface area contributed by atoms with E-state index in [0.29, 0.717) is 33.4 Å². The summed E-state index contributed by atoms with van der Waals surface area (Å²) in [5.74, 6) is -0.930. The molecule has 1 heterocycles. The number of hydrogen-bond donors (Lipinski definition) is 0. The number of rotatable bonds is 15. The van der Waals surface area contributed by atoms with Crippen molar-refractivity contribution in [3.05, 3.63) is 110 Å². The Labute approximate surface area is 256 Å². The van der Waals surface area contributed by atoms with Gasteiger partial charge in [0.25, 0.3) is 0 Å². The van der Waals surface area contributed by atoms with Crippen LogP contribution >= 0.6 is 11.3 Å². The third-order valence-corrected chi connectivity index (χ3v) is 6.62. The van der Waals surface area contributed by atoms with Gasteiger partial charge in [0.2, 0.25) is 5.06 Å². The Morgan fingerprint density at radius 3 is 1.57 bits per heavy atom. The molecule has 0 spiro atoms. The average molecular weight is 615 g/mol. The molecule has 0 unspecified atom stereocenters. The van der Waals surface area contributed by atoms with Crippen LogP contribution in [0.15, 0.2) is 125 Å². The number of carbonyl (C=O) groups is 2. The molecule has 4 aromatic rings. The summed E-state index contributed by atoms with van der Waals surface area (Å²) in [6, 6.07) is 22.7. The highest BCUT2D eigenvalue weighted by Crippen LogP contribution is 2.37. The molecule has 3 aromatic carbocycles. The second-order valence-electron chi connectivity index (χ2n) is 8.64. The summed E-state index contributed by atoms with van der Waals surface area (Å²) in [5, 5.41) is 17.1. The maximum atomic E-state index is 14.3. The number of esters is 2. The fourth-order valence-corrected chi connectivity index (χ4v) is 4.32. The molecule has 0 saturated carbocycles. The Bertz CT molecular complexity index is 1630. The van der Waals surface area contributed by atoms with E-state index in [4.69, 9.17) is 18.9 Å². The van der Waals surface area contributed by atoms with Crippen molar-refractivity contribution in [3.8, 4) is 21.3 Å². The van der Waals surface area contributed by atoms with Gasteiger partial charge in [0.1, 0.15) is 32.2 Å². The summed E-state index contributed by atoms with van der Waals surface area (Å²) in [6.07, 6.45) is 2.15. The van der Waals surface area contributed by atoms with E-state index >= 15 is 0 Å². The molecular weight excluding hydrogens is 587 g/mol. The van der Waals surface area contributed by atoms with E-state index in [2.05, 4.69) is 33.6 Å². The summed E-state index contributed by atoms with van der Waals surface area (Å²) in [7, 11) is 0. The van der Waals surface area contributed by atoms with Crippen LogP contribution in [0.4, 0.5) is 27.1 Å². The maximum absolute atomic E-state index is 14.3. The number of thiophene rings is 1. The summed E-state index contributed by atoms with van der Waals surface area (Å²) >= 11 is 1.15. The van der Waals surface area contributed by atoms with Crippen molar-refractivity contribution >= 4 is 46.0 Å². The van der Waals surface area contributed by atoms with Crippen LogP contribution < -0.4 is 9.47 Å². The van der Waals surface area contributed by atoms with E-state index in [1.54, 1.807) is 60.7 Å². The summed E-state index contributed by atoms with van der Waals surface area (Å²) in [6.45, 7) is 7.02. The first-order valence-corrected chi connectivity index (χ1v) is 14.0. The number of hydrogen-bond acceptors (Lipinski definition) is 11. The molecule has 0 radical (unpaired) electrons. The van der Waals surface area contributed by atoms with Crippen LogP contribution in [-0.4, -0.2) is 38.4 Å². The number of benzene rings is 3. The molecule has 0 aliphatic rings. The van der Waals surface area contributed by atoms with Crippen LogP contribution in [-0.2, 0) is 19.1 Å². The van der Waals surface area contributed by atoms with Crippen molar-refractivity contribution in [2.75, 3.05) is 26.4 Å². The molecule has 1 aromatic heterocycles. The third kappa shape index (κ3) is 9.81. The van der Waals surface area contributed by atoms with E-state index in [1.165, 1.54) is 6.07 Å². The van der Waals surface area contributed by atoms with Gasteiger partial charge in [-0.3, -0.25) is 0 Å². The van der Waals surface area contributed by atoms with Gasteiger partial charge in [-0.1, -0.05) is 36.6 Å². The minimum Gasteiger partial charge on any atom is -0.490 e. The van der Waals surface area contributed by atoms with E-state index in [1.807, 2.05) is 12.1 Å². The summed E-state index contributed by atoms with van der Waals surface area (Å²) in [5.41, 5.74) is 3.34. The third-order valence-electron chi connectivity index (χ3n) is 5.55. The molecule has 4 rings (SSSR count). The van der Waals surface area contributed by atoms with Crippen molar-refractivity contribution in [2.24, 2.45) is 20.5 Å². The van der Waals surface area contributed by atoms with Gasteiger partial charge in [-0.05, 0) is 72.3 Å². The lowest BCUT2D eigenvalue weighted by molar-refractivity contribution is -0.139. The highest BCUT2D eigenvalue weighted by Gasteiger charge is 2.12. The Kier molecular flexibility index (Phi) is 11.6. The lowest BCUT2D eigenvalue weighted by Gasteiger charge is -2.06. The fraction of sp³-hybridized carbons (Fsp3) is 0.125. The highest BCUT2D eigenvalue weighted by atomic mass is 32.1. The Morgan fingerprint density at radius 2 is 1.09 bits per heavy atom. The fourth-order valence-electron chi connectivity index (χ4n) is 3.41. The van der Waals surface area contributed by atoms with E-state index in [0.717, 1.165) is 29.1 Å². The van der Waals surface area contributed by atoms with Crippen molar-refractivity contribution in [2.45, 2.75) is 0 Å². The Balaban J connectivity index is 1.25. The van der Waals surface area contributed by atoms with Gasteiger partial charge in [-0.25, -0.2) is 14.0 Å². The topological polar surface area (TPSA) is 120 Å². The molecule has 0 bridgehead atoms. The first kappa shape index (κ1) is 31.4. The number of azo groups is 2. The molecule has 10 nitrogen and oxygen atoms in total. The van der Waals surface area contributed by atoms with E-state index < -0.39 is 17.8 Å². The molecule has 224 valence electrons. The van der Waals surface area contributed by atoms with Gasteiger partial charge in [-0.2, -0.15) is 20.5 Å². The van der Waals surface area contributed by atoms with Gasteiger partial charge in [0, 0.05) is 17.0 Å². The van der Waals surface area contributed by atoms with Crippen LogP contribution in [0.25, 0.3) is 10.4 Å². The lowest BCUT2D eigenvalue weighted by Crippen LogP contribution is -2.09. The first-order chi connectivity index (χ1) is 21.4. The van der Waals surface area contributed by atoms with Crippen molar-refractivity contribution in [1.82, 2.24) is 0 Å². The largest absolute Gasteiger partial charge is 0.490 e. The van der Waals surface area contributed by atoms with Crippen LogP contribution in [0, 0.1) is 5.82 Å². The molecule has 0 N–H and O–H groups in total. The maximum Gasteiger partial charge on any atom is 0.330 e. The molecule has 0 aliphatic heterocycles. The zero-order chi connectivity index (χ0) is 31.1. The zero-order valence-corrected chi connectivity index (χ0v) is 24.2. The van der Waals surface area contributed by atoms with Gasteiger partial charge in [0.15, 0.2) is 5.82 Å². The smallest absolute Gasteiger partial charge is 0.330 e. The monoisotopic (exact) mass is 614 g/mol. The quantitative estimate of drug-likeness (QED) is 0.0572. The molecule has 44 heavy (non-hydrogen) atoms. The van der Waals surface area contributed by atoms with Gasteiger partial charge >= 0.3 is 11.9 Å². The molecule has 12 heteroatoms. The normalized spacial score (nSPS) is 10.9. The summed E-state index contributed by atoms with van der Waals surface area (Å²) in [4.78, 5) is 22.8. The highest BCUT2D eigenvalue weighted by molar-refractivity contribution is 7.17. The second kappa shape index (κ2) is 16.2. The predicted octanol–water partition coefficient (Wildman–Crippen LogP) is 8.60. The van der Waals surface area contributed by atoms with Crippen LogP contribution in [0.1, 0.15) is 0 Å². The van der Waals surface area contributed by atoms with Crippen molar-refractivity contribution in [3.63, 3.8) is 0 Å². The SMILES string of the molecule is C=CC(=O)OCCOc1ccc(/N=N/c2ccc(/N=N/c3ccc(-c4cc(F)c(OCCOC(=O)C=C)s4)cc3)cc2)cc1. The lowest BCUT2D eigenvalue weighted by atomic mass is 10.2. The Morgan fingerprint density at radius 1 is 0.659 bits per heavy atom. The van der Waals surface area contributed by atoms with E-state index in [9.17, 15) is 14.0 Å². The average Bonchev–Trinajstić information content (AvgIpc) is 3.44.